The van der Waals surface area contributed by atoms with Gasteiger partial charge >= 0.3 is 5.97 Å². The normalized spacial score (nSPS) is 51.0. The van der Waals surface area contributed by atoms with Gasteiger partial charge in [0.2, 0.25) is 0 Å². The number of carbonyl (C=O) groups is 2. The van der Waals surface area contributed by atoms with Crippen LogP contribution in [0.15, 0.2) is 28.5 Å². The molecule has 6 rings (SSSR count). The van der Waals surface area contributed by atoms with Gasteiger partial charge in [-0.25, -0.2) is 0 Å². The highest BCUT2D eigenvalue weighted by atomic mass is 16.6. The van der Waals surface area contributed by atoms with Crippen LogP contribution in [0.4, 0.5) is 0 Å². The van der Waals surface area contributed by atoms with Crippen LogP contribution in [0, 0.1) is 40.4 Å². The van der Waals surface area contributed by atoms with Crippen LogP contribution < -0.4 is 0 Å². The Labute approximate surface area is 177 Å². The van der Waals surface area contributed by atoms with E-state index in [4.69, 9.17) is 9.57 Å². The molecule has 5 nitrogen and oxygen atoms in total. The van der Waals surface area contributed by atoms with Gasteiger partial charge in [-0.15, -0.1) is 0 Å². The number of ether oxygens (including phenoxy) is 1. The van der Waals surface area contributed by atoms with Crippen molar-refractivity contribution in [3.63, 3.8) is 0 Å². The average molecular weight is 410 g/mol. The highest BCUT2D eigenvalue weighted by Crippen LogP contribution is 2.78. The van der Waals surface area contributed by atoms with Crippen molar-refractivity contribution in [1.82, 2.24) is 0 Å². The Bertz CT molecular complexity index is 933. The van der Waals surface area contributed by atoms with Crippen LogP contribution >= 0.6 is 0 Å². The topological polar surface area (TPSA) is 65.0 Å². The van der Waals surface area contributed by atoms with Gasteiger partial charge in [-0.2, -0.15) is 0 Å². The van der Waals surface area contributed by atoms with Crippen molar-refractivity contribution < 1.29 is 19.2 Å². The molecule has 6 aliphatic rings. The lowest BCUT2D eigenvalue weighted by Crippen LogP contribution is -2.55. The summed E-state index contributed by atoms with van der Waals surface area (Å²) in [5.41, 5.74) is 2.47. The maximum absolute atomic E-state index is 12.2. The zero-order valence-corrected chi connectivity index (χ0v) is 18.1. The SMILES string of the molecule is CO/N=C/[C@H]1CC2=CC(=O)CC[C@]2(C)C2=CC[C@@]3(C)C(C4CC4[C@@]34CCC(=O)O4)C21. The number of nitrogens with zero attached hydrogens (tertiary/aromatic N) is 1. The largest absolute Gasteiger partial charge is 0.458 e. The van der Waals surface area contributed by atoms with Crippen molar-refractivity contribution in [2.75, 3.05) is 7.11 Å². The zero-order valence-electron chi connectivity index (χ0n) is 18.1. The third-order valence-corrected chi connectivity index (χ3v) is 9.92. The van der Waals surface area contributed by atoms with Crippen LogP contribution in [0.5, 0.6) is 0 Å². The summed E-state index contributed by atoms with van der Waals surface area (Å²) in [7, 11) is 1.59. The van der Waals surface area contributed by atoms with E-state index < -0.39 is 0 Å². The molecule has 1 spiro atoms. The molecule has 160 valence electrons. The summed E-state index contributed by atoms with van der Waals surface area (Å²) in [6, 6.07) is 0. The summed E-state index contributed by atoms with van der Waals surface area (Å²) in [6.07, 6.45) is 12.4. The van der Waals surface area contributed by atoms with Crippen LogP contribution in [-0.4, -0.2) is 30.7 Å². The highest BCUT2D eigenvalue weighted by Gasteiger charge is 2.78. The minimum Gasteiger partial charge on any atom is -0.458 e. The first-order chi connectivity index (χ1) is 14.3. The molecule has 0 amide bonds. The molecule has 1 heterocycles. The maximum Gasteiger partial charge on any atom is 0.306 e. The molecule has 3 saturated carbocycles. The Morgan fingerprint density at radius 2 is 2.07 bits per heavy atom. The standard InChI is InChI=1S/C25H31NO4/c1-23-7-4-16(27)11-15(23)10-14(13-26-29-3)21-18(23)5-8-24(2)22(21)17-12-19(17)25(24)9-6-20(28)30-25/h5,11,13-14,17,19,21-22H,4,6-10,12H2,1-3H3/b26-13+/t14-,17?,19?,21?,22?,23+,24+,25+/m1/s1. The van der Waals surface area contributed by atoms with Gasteiger partial charge in [-0.1, -0.05) is 36.2 Å². The second kappa shape index (κ2) is 5.86. The van der Waals surface area contributed by atoms with Crippen molar-refractivity contribution in [1.29, 1.82) is 0 Å². The molecule has 0 radical (unpaired) electrons. The summed E-state index contributed by atoms with van der Waals surface area (Å²) < 4.78 is 6.20. The van der Waals surface area contributed by atoms with Crippen LogP contribution in [0.2, 0.25) is 0 Å². The molecular formula is C25H31NO4. The molecule has 5 heteroatoms. The fourth-order valence-electron chi connectivity index (χ4n) is 8.53. The van der Waals surface area contributed by atoms with Gasteiger partial charge in [0.25, 0.3) is 0 Å². The summed E-state index contributed by atoms with van der Waals surface area (Å²) in [4.78, 5) is 29.5. The average Bonchev–Trinajstić information content (AvgIpc) is 3.35. The molecule has 4 fully saturated rings. The Kier molecular flexibility index (Phi) is 3.68. The molecule has 8 atom stereocenters. The van der Waals surface area contributed by atoms with E-state index in [1.807, 2.05) is 12.3 Å². The van der Waals surface area contributed by atoms with Crippen molar-refractivity contribution in [3.05, 3.63) is 23.3 Å². The lowest BCUT2D eigenvalue weighted by molar-refractivity contribution is -0.166. The molecule has 0 aromatic rings. The van der Waals surface area contributed by atoms with Crippen molar-refractivity contribution in [2.45, 2.75) is 64.4 Å². The number of allylic oxidation sites excluding steroid dienone is 4. The highest BCUT2D eigenvalue weighted by molar-refractivity contribution is 5.92. The molecule has 5 aliphatic carbocycles. The predicted molar refractivity (Wildman–Crippen MR) is 111 cm³/mol. The first kappa shape index (κ1) is 18.8. The molecule has 0 N–H and O–H groups in total. The fourth-order valence-corrected chi connectivity index (χ4v) is 8.53. The number of rotatable bonds is 2. The molecule has 1 saturated heterocycles. The van der Waals surface area contributed by atoms with Crippen molar-refractivity contribution >= 4 is 18.0 Å². The third-order valence-electron chi connectivity index (χ3n) is 9.92. The number of oxime groups is 1. The summed E-state index contributed by atoms with van der Waals surface area (Å²) in [6.45, 7) is 4.74. The number of fused-ring (bicyclic) bond motifs is 9. The second-order valence-corrected chi connectivity index (χ2v) is 11.0. The molecule has 0 aromatic heterocycles. The zero-order chi connectivity index (χ0) is 20.9. The Morgan fingerprint density at radius 1 is 1.23 bits per heavy atom. The fraction of sp³-hybridized carbons (Fsp3) is 0.720. The quantitative estimate of drug-likeness (QED) is 0.296. The number of esters is 1. The number of carbonyl (C=O) groups excluding carboxylic acids is 2. The first-order valence-electron chi connectivity index (χ1n) is 11.6. The van der Waals surface area contributed by atoms with Gasteiger partial charge in [-0.05, 0) is 55.9 Å². The maximum atomic E-state index is 12.2. The Balaban J connectivity index is 1.49. The van der Waals surface area contributed by atoms with Crippen LogP contribution in [0.25, 0.3) is 0 Å². The summed E-state index contributed by atoms with van der Waals surface area (Å²) in [5.74, 6) is 2.49. The summed E-state index contributed by atoms with van der Waals surface area (Å²) >= 11 is 0. The molecule has 1 aliphatic heterocycles. The van der Waals surface area contributed by atoms with E-state index >= 15 is 0 Å². The summed E-state index contributed by atoms with van der Waals surface area (Å²) in [5, 5.41) is 4.19. The lowest BCUT2D eigenvalue weighted by Gasteiger charge is -2.57. The second-order valence-electron chi connectivity index (χ2n) is 11.0. The number of ketones is 1. The number of hydrogen-bond donors (Lipinski definition) is 0. The molecule has 30 heavy (non-hydrogen) atoms. The van der Waals surface area contributed by atoms with Gasteiger partial charge in [-0.3, -0.25) is 9.59 Å². The minimum atomic E-state index is -0.274. The molecule has 4 unspecified atom stereocenters. The molecule has 0 aromatic carbocycles. The van der Waals surface area contributed by atoms with E-state index in [2.05, 4.69) is 25.1 Å². The Morgan fingerprint density at radius 3 is 2.80 bits per heavy atom. The predicted octanol–water partition coefficient (Wildman–Crippen LogP) is 4.23. The first-order valence-corrected chi connectivity index (χ1v) is 11.6. The van der Waals surface area contributed by atoms with E-state index in [1.54, 1.807) is 7.11 Å². The van der Waals surface area contributed by atoms with E-state index in [-0.39, 0.29) is 34.1 Å². The smallest absolute Gasteiger partial charge is 0.306 e. The van der Waals surface area contributed by atoms with Gasteiger partial charge < -0.3 is 9.57 Å². The van der Waals surface area contributed by atoms with Gasteiger partial charge in [0.05, 0.1) is 0 Å². The van der Waals surface area contributed by atoms with Gasteiger partial charge in [0, 0.05) is 41.7 Å². The van der Waals surface area contributed by atoms with E-state index in [1.165, 1.54) is 17.6 Å². The minimum absolute atomic E-state index is 0.0118. The van der Waals surface area contributed by atoms with E-state index in [0.29, 0.717) is 36.5 Å². The number of hydrogen-bond acceptors (Lipinski definition) is 5. The lowest BCUT2D eigenvalue weighted by atomic mass is 9.47. The molecule has 0 bridgehead atoms. The van der Waals surface area contributed by atoms with Gasteiger partial charge in [0.1, 0.15) is 12.7 Å². The van der Waals surface area contributed by atoms with Gasteiger partial charge in [0.15, 0.2) is 5.78 Å². The van der Waals surface area contributed by atoms with Crippen LogP contribution in [0.3, 0.4) is 0 Å². The van der Waals surface area contributed by atoms with E-state index in [9.17, 15) is 9.59 Å². The Hall–Kier alpha value is -1.91. The third kappa shape index (κ3) is 2.12. The van der Waals surface area contributed by atoms with Crippen molar-refractivity contribution in [2.24, 2.45) is 45.6 Å². The van der Waals surface area contributed by atoms with Crippen LogP contribution in [-0.2, 0) is 19.2 Å². The monoisotopic (exact) mass is 409 g/mol. The van der Waals surface area contributed by atoms with Crippen LogP contribution in [0.1, 0.15) is 58.8 Å². The van der Waals surface area contributed by atoms with E-state index in [0.717, 1.165) is 25.7 Å². The van der Waals surface area contributed by atoms with Crippen molar-refractivity contribution in [3.8, 4) is 0 Å². The molecular weight excluding hydrogens is 378 g/mol.